The summed E-state index contributed by atoms with van der Waals surface area (Å²) in [6.45, 7) is 1.89. The Morgan fingerprint density at radius 3 is 2.36 bits per heavy atom. The third-order valence-electron chi connectivity index (χ3n) is 3.55. The number of halogens is 1. The van der Waals surface area contributed by atoms with E-state index >= 15 is 0 Å². The molecular formula is C18H20FNO2. The van der Waals surface area contributed by atoms with Crippen LogP contribution in [0.1, 0.15) is 30.5 Å². The van der Waals surface area contributed by atoms with Gasteiger partial charge in [0.2, 0.25) is 5.91 Å². The maximum atomic E-state index is 12.9. The van der Waals surface area contributed by atoms with E-state index in [-0.39, 0.29) is 17.8 Å². The Morgan fingerprint density at radius 2 is 1.77 bits per heavy atom. The van der Waals surface area contributed by atoms with Crippen molar-refractivity contribution in [3.05, 3.63) is 65.5 Å². The predicted molar refractivity (Wildman–Crippen MR) is 84.3 cm³/mol. The lowest BCUT2D eigenvalue weighted by Crippen LogP contribution is -2.26. The van der Waals surface area contributed by atoms with Crippen molar-refractivity contribution >= 4 is 5.91 Å². The van der Waals surface area contributed by atoms with Gasteiger partial charge < -0.3 is 10.1 Å². The lowest BCUT2D eigenvalue weighted by molar-refractivity contribution is -0.121. The number of carbonyl (C=O) groups excluding carboxylic acids is 1. The lowest BCUT2D eigenvalue weighted by atomic mass is 10.1. The second-order valence-corrected chi connectivity index (χ2v) is 5.19. The quantitative estimate of drug-likeness (QED) is 0.884. The highest BCUT2D eigenvalue weighted by Crippen LogP contribution is 2.15. The number of benzene rings is 2. The first-order chi connectivity index (χ1) is 10.6. The van der Waals surface area contributed by atoms with Gasteiger partial charge in [0.15, 0.2) is 0 Å². The van der Waals surface area contributed by atoms with Gasteiger partial charge in [-0.15, -0.1) is 0 Å². The number of ether oxygens (including phenoxy) is 1. The molecule has 0 aliphatic rings. The molecule has 0 heterocycles. The first-order valence-corrected chi connectivity index (χ1v) is 7.26. The molecule has 1 atom stereocenters. The number of nitrogens with one attached hydrogen (secondary N) is 1. The molecule has 0 fully saturated rings. The van der Waals surface area contributed by atoms with Crippen LogP contribution in [0.5, 0.6) is 5.75 Å². The first-order valence-electron chi connectivity index (χ1n) is 7.26. The molecule has 0 spiro atoms. The van der Waals surface area contributed by atoms with Gasteiger partial charge in [0.25, 0.3) is 0 Å². The molecule has 0 radical (unpaired) electrons. The molecule has 3 nitrogen and oxygen atoms in total. The zero-order valence-corrected chi connectivity index (χ0v) is 12.8. The monoisotopic (exact) mass is 301 g/mol. The Labute approximate surface area is 130 Å². The zero-order chi connectivity index (χ0) is 15.9. The average Bonchev–Trinajstić information content (AvgIpc) is 2.54. The van der Waals surface area contributed by atoms with Crippen molar-refractivity contribution in [3.63, 3.8) is 0 Å². The SMILES string of the molecule is COc1ccc(CCC(=O)N[C@@H](C)c2ccc(F)cc2)cc1. The summed E-state index contributed by atoms with van der Waals surface area (Å²) in [5.74, 6) is 0.507. The molecule has 4 heteroatoms. The summed E-state index contributed by atoms with van der Waals surface area (Å²) in [5.41, 5.74) is 1.98. The molecule has 2 aromatic carbocycles. The second-order valence-electron chi connectivity index (χ2n) is 5.19. The van der Waals surface area contributed by atoms with Crippen LogP contribution in [-0.4, -0.2) is 13.0 Å². The van der Waals surface area contributed by atoms with Gasteiger partial charge in [0, 0.05) is 6.42 Å². The highest BCUT2D eigenvalue weighted by Gasteiger charge is 2.09. The molecule has 2 aromatic rings. The average molecular weight is 301 g/mol. The number of rotatable bonds is 6. The van der Waals surface area contributed by atoms with Crippen molar-refractivity contribution in [2.75, 3.05) is 7.11 Å². The van der Waals surface area contributed by atoms with Crippen molar-refractivity contribution in [1.29, 1.82) is 0 Å². The molecule has 0 aliphatic heterocycles. The molecule has 0 saturated heterocycles. The van der Waals surface area contributed by atoms with Crippen molar-refractivity contribution in [2.45, 2.75) is 25.8 Å². The fraction of sp³-hybridized carbons (Fsp3) is 0.278. The topological polar surface area (TPSA) is 38.3 Å². The fourth-order valence-electron chi connectivity index (χ4n) is 2.20. The smallest absolute Gasteiger partial charge is 0.220 e. The van der Waals surface area contributed by atoms with Gasteiger partial charge in [-0.05, 0) is 48.7 Å². The number of aryl methyl sites for hydroxylation is 1. The van der Waals surface area contributed by atoms with Gasteiger partial charge in [-0.2, -0.15) is 0 Å². The van der Waals surface area contributed by atoms with Crippen molar-refractivity contribution in [3.8, 4) is 5.75 Å². The normalized spacial score (nSPS) is 11.8. The minimum atomic E-state index is -0.276. The van der Waals surface area contributed by atoms with Crippen LogP contribution >= 0.6 is 0 Å². The maximum Gasteiger partial charge on any atom is 0.220 e. The standard InChI is InChI=1S/C18H20FNO2/c1-13(15-6-8-16(19)9-7-15)20-18(21)12-5-14-3-10-17(22-2)11-4-14/h3-4,6-11,13H,5,12H2,1-2H3,(H,20,21)/t13-/m0/s1. The van der Waals surface area contributed by atoms with E-state index < -0.39 is 0 Å². The maximum absolute atomic E-state index is 12.9. The molecule has 0 aliphatic carbocycles. The predicted octanol–water partition coefficient (Wildman–Crippen LogP) is 3.64. The Bertz CT molecular complexity index is 608. The van der Waals surface area contributed by atoms with Crippen molar-refractivity contribution in [1.82, 2.24) is 5.32 Å². The summed E-state index contributed by atoms with van der Waals surface area (Å²) >= 11 is 0. The number of methoxy groups -OCH3 is 1. The van der Waals surface area contributed by atoms with Crippen LogP contribution in [0.25, 0.3) is 0 Å². The van der Waals surface area contributed by atoms with E-state index in [0.29, 0.717) is 12.8 Å². The highest BCUT2D eigenvalue weighted by molar-refractivity contribution is 5.76. The summed E-state index contributed by atoms with van der Waals surface area (Å²) < 4.78 is 18.0. The molecule has 2 rings (SSSR count). The van der Waals surface area contributed by atoms with Gasteiger partial charge in [-0.25, -0.2) is 4.39 Å². The summed E-state index contributed by atoms with van der Waals surface area (Å²) in [5, 5.41) is 2.92. The van der Waals surface area contributed by atoms with Crippen LogP contribution in [0.2, 0.25) is 0 Å². The molecule has 22 heavy (non-hydrogen) atoms. The van der Waals surface area contributed by atoms with Gasteiger partial charge >= 0.3 is 0 Å². The molecule has 116 valence electrons. The zero-order valence-electron chi connectivity index (χ0n) is 12.8. The summed E-state index contributed by atoms with van der Waals surface area (Å²) in [6.07, 6.45) is 1.09. The summed E-state index contributed by atoms with van der Waals surface area (Å²) in [7, 11) is 1.62. The molecule has 0 bridgehead atoms. The molecule has 0 unspecified atom stereocenters. The Balaban J connectivity index is 1.83. The third-order valence-corrected chi connectivity index (χ3v) is 3.55. The molecule has 1 amide bonds. The molecule has 1 N–H and O–H groups in total. The molecular weight excluding hydrogens is 281 g/mol. The van der Waals surface area contributed by atoms with Crippen molar-refractivity contribution < 1.29 is 13.9 Å². The van der Waals surface area contributed by atoms with Crippen LogP contribution in [0, 0.1) is 5.82 Å². The molecule has 0 aromatic heterocycles. The first kappa shape index (κ1) is 16.0. The summed E-state index contributed by atoms with van der Waals surface area (Å²) in [6, 6.07) is 13.7. The Morgan fingerprint density at radius 1 is 1.14 bits per heavy atom. The minimum absolute atomic E-state index is 0.0207. The second kappa shape index (κ2) is 7.59. The Kier molecular flexibility index (Phi) is 5.53. The van der Waals surface area contributed by atoms with Crippen LogP contribution < -0.4 is 10.1 Å². The van der Waals surface area contributed by atoms with Gasteiger partial charge in [0.1, 0.15) is 11.6 Å². The van der Waals surface area contributed by atoms with Crippen LogP contribution in [0.3, 0.4) is 0 Å². The summed E-state index contributed by atoms with van der Waals surface area (Å²) in [4.78, 5) is 12.0. The van der Waals surface area contributed by atoms with Gasteiger partial charge in [-0.1, -0.05) is 24.3 Å². The van der Waals surface area contributed by atoms with Crippen LogP contribution in [-0.2, 0) is 11.2 Å². The van der Waals surface area contributed by atoms with E-state index in [4.69, 9.17) is 4.74 Å². The van der Waals surface area contributed by atoms with E-state index in [1.807, 2.05) is 31.2 Å². The van der Waals surface area contributed by atoms with E-state index in [0.717, 1.165) is 16.9 Å². The van der Waals surface area contributed by atoms with E-state index in [1.165, 1.54) is 12.1 Å². The lowest BCUT2D eigenvalue weighted by Gasteiger charge is -2.14. The number of carbonyl (C=O) groups is 1. The highest BCUT2D eigenvalue weighted by atomic mass is 19.1. The Hall–Kier alpha value is -2.36. The van der Waals surface area contributed by atoms with Gasteiger partial charge in [0.05, 0.1) is 13.2 Å². The number of hydrogen-bond donors (Lipinski definition) is 1. The van der Waals surface area contributed by atoms with E-state index in [2.05, 4.69) is 5.32 Å². The minimum Gasteiger partial charge on any atom is -0.497 e. The van der Waals surface area contributed by atoms with Crippen LogP contribution in [0.15, 0.2) is 48.5 Å². The largest absolute Gasteiger partial charge is 0.497 e. The van der Waals surface area contributed by atoms with E-state index in [1.54, 1.807) is 19.2 Å². The third kappa shape index (κ3) is 4.58. The van der Waals surface area contributed by atoms with E-state index in [9.17, 15) is 9.18 Å². The molecule has 0 saturated carbocycles. The van der Waals surface area contributed by atoms with Crippen LogP contribution in [0.4, 0.5) is 4.39 Å². The number of hydrogen-bond acceptors (Lipinski definition) is 2. The fourth-order valence-corrected chi connectivity index (χ4v) is 2.20. The number of amides is 1. The van der Waals surface area contributed by atoms with Crippen molar-refractivity contribution in [2.24, 2.45) is 0 Å². The van der Waals surface area contributed by atoms with Gasteiger partial charge in [-0.3, -0.25) is 4.79 Å².